The fourth-order valence-corrected chi connectivity index (χ4v) is 1.24. The number of hydrogen-bond acceptors (Lipinski definition) is 5. The second-order valence-corrected chi connectivity index (χ2v) is 2.78. The van der Waals surface area contributed by atoms with Crippen LogP contribution in [0.3, 0.4) is 0 Å². The third-order valence-corrected chi connectivity index (χ3v) is 1.85. The van der Waals surface area contributed by atoms with E-state index < -0.39 is 5.91 Å². The van der Waals surface area contributed by atoms with E-state index in [4.69, 9.17) is 5.73 Å². The molecular weight excluding hydrogens is 186 g/mol. The highest BCUT2D eigenvalue weighted by Gasteiger charge is 2.25. The summed E-state index contributed by atoms with van der Waals surface area (Å²) in [4.78, 5) is 25.8. The van der Waals surface area contributed by atoms with Crippen molar-refractivity contribution in [2.24, 2.45) is 15.8 Å². The fraction of sp³-hybridized carbons (Fsp3) is 0.143. The molecular formula is C7H7N5O2. The van der Waals surface area contributed by atoms with E-state index in [0.29, 0.717) is 11.3 Å². The van der Waals surface area contributed by atoms with Crippen molar-refractivity contribution in [3.8, 4) is 0 Å². The molecule has 2 heterocycles. The summed E-state index contributed by atoms with van der Waals surface area (Å²) in [5, 5.41) is 3.79. The summed E-state index contributed by atoms with van der Waals surface area (Å²) in [5.41, 5.74) is 10.7. The molecule has 2 aliphatic heterocycles. The monoisotopic (exact) mass is 193 g/mol. The molecule has 2 aliphatic rings. The molecule has 0 unspecified atom stereocenters. The average Bonchev–Trinajstić information content (AvgIpc) is 2.41. The van der Waals surface area contributed by atoms with Gasteiger partial charge >= 0.3 is 0 Å². The van der Waals surface area contributed by atoms with E-state index in [1.54, 1.807) is 0 Å². The van der Waals surface area contributed by atoms with Crippen LogP contribution in [0.1, 0.15) is 6.42 Å². The number of carbonyl (C=O) groups excluding carboxylic acids is 2. The summed E-state index contributed by atoms with van der Waals surface area (Å²) in [6.07, 6.45) is 1.44. The highest BCUT2D eigenvalue weighted by atomic mass is 16.2. The Bertz CT molecular complexity index is 406. The number of amides is 2. The van der Waals surface area contributed by atoms with Gasteiger partial charge in [-0.1, -0.05) is 0 Å². The van der Waals surface area contributed by atoms with Gasteiger partial charge in [0.05, 0.1) is 12.6 Å². The van der Waals surface area contributed by atoms with Gasteiger partial charge in [-0.3, -0.25) is 15.0 Å². The molecule has 0 aromatic carbocycles. The minimum absolute atomic E-state index is 0.0457. The molecule has 0 saturated carbocycles. The van der Waals surface area contributed by atoms with Gasteiger partial charge in [-0.05, 0) is 0 Å². The van der Waals surface area contributed by atoms with Crippen LogP contribution < -0.4 is 16.7 Å². The zero-order valence-corrected chi connectivity index (χ0v) is 7.07. The van der Waals surface area contributed by atoms with Gasteiger partial charge in [0.15, 0.2) is 0 Å². The number of aliphatic imine (C=N–C) groups is 1. The standard InChI is InChI=1S/C7H7N5O2/c8-7(14)6-3-1-5(13)11-12-10-4(3)2-9-6/h2,12H,1H2,(H2,8,14)(H,11,13). The Kier molecular flexibility index (Phi) is 1.77. The average molecular weight is 193 g/mol. The quantitative estimate of drug-likeness (QED) is 0.456. The third kappa shape index (κ3) is 1.24. The Morgan fingerprint density at radius 1 is 1.57 bits per heavy atom. The Balaban J connectivity index is 2.45. The van der Waals surface area contributed by atoms with Crippen molar-refractivity contribution in [1.82, 2.24) is 11.0 Å². The molecule has 0 atom stereocenters. The van der Waals surface area contributed by atoms with Crippen LogP contribution in [0.15, 0.2) is 21.4 Å². The smallest absolute Gasteiger partial charge is 0.267 e. The molecule has 4 N–H and O–H groups in total. The lowest BCUT2D eigenvalue weighted by Crippen LogP contribution is -2.31. The van der Waals surface area contributed by atoms with Gasteiger partial charge in [-0.2, -0.15) is 5.10 Å². The van der Waals surface area contributed by atoms with Crippen LogP contribution in [0.2, 0.25) is 0 Å². The zero-order valence-electron chi connectivity index (χ0n) is 7.07. The fourth-order valence-electron chi connectivity index (χ4n) is 1.24. The summed E-state index contributed by atoms with van der Waals surface area (Å²) in [5.74, 6) is -0.945. The molecule has 2 amide bonds. The summed E-state index contributed by atoms with van der Waals surface area (Å²) < 4.78 is 0. The first-order chi connectivity index (χ1) is 6.68. The van der Waals surface area contributed by atoms with Crippen LogP contribution in [0.4, 0.5) is 0 Å². The highest BCUT2D eigenvalue weighted by Crippen LogP contribution is 2.18. The molecule has 0 bridgehead atoms. The lowest BCUT2D eigenvalue weighted by Gasteiger charge is -1.99. The first-order valence-corrected chi connectivity index (χ1v) is 3.87. The van der Waals surface area contributed by atoms with Crippen LogP contribution in [0, 0.1) is 0 Å². The van der Waals surface area contributed by atoms with E-state index >= 15 is 0 Å². The third-order valence-electron chi connectivity index (χ3n) is 1.85. The van der Waals surface area contributed by atoms with E-state index in [1.165, 1.54) is 6.21 Å². The van der Waals surface area contributed by atoms with E-state index in [9.17, 15) is 9.59 Å². The second-order valence-electron chi connectivity index (χ2n) is 2.78. The summed E-state index contributed by atoms with van der Waals surface area (Å²) in [6.45, 7) is 0. The number of hydrazine groups is 1. The largest absolute Gasteiger partial charge is 0.364 e. The van der Waals surface area contributed by atoms with Gasteiger partial charge < -0.3 is 5.73 Å². The lowest BCUT2D eigenvalue weighted by molar-refractivity contribution is -0.121. The van der Waals surface area contributed by atoms with Gasteiger partial charge in [0.25, 0.3) is 5.91 Å². The number of nitrogens with one attached hydrogen (secondary N) is 2. The maximum absolute atomic E-state index is 11.1. The Hall–Kier alpha value is -2.18. The molecule has 2 rings (SSSR count). The topological polar surface area (TPSA) is 109 Å². The molecule has 0 radical (unpaired) electrons. The van der Waals surface area contributed by atoms with Gasteiger partial charge in [0, 0.05) is 5.57 Å². The van der Waals surface area contributed by atoms with Gasteiger partial charge in [-0.15, -0.1) is 0 Å². The maximum Gasteiger partial charge on any atom is 0.267 e. The molecule has 0 saturated heterocycles. The number of nitrogens with two attached hydrogens (primary N) is 1. The first kappa shape index (κ1) is 8.42. The Morgan fingerprint density at radius 3 is 3.07 bits per heavy atom. The van der Waals surface area contributed by atoms with Crippen molar-refractivity contribution in [2.75, 3.05) is 0 Å². The molecule has 7 nitrogen and oxygen atoms in total. The van der Waals surface area contributed by atoms with Crippen molar-refractivity contribution < 1.29 is 9.59 Å². The Labute approximate surface area is 78.7 Å². The predicted octanol–water partition coefficient (Wildman–Crippen LogP) is -1.81. The molecule has 0 aromatic heterocycles. The van der Waals surface area contributed by atoms with Crippen LogP contribution in [-0.2, 0) is 9.59 Å². The van der Waals surface area contributed by atoms with E-state index in [-0.39, 0.29) is 18.0 Å². The summed E-state index contributed by atoms with van der Waals surface area (Å²) in [7, 11) is 0. The van der Waals surface area contributed by atoms with Crippen molar-refractivity contribution in [3.63, 3.8) is 0 Å². The summed E-state index contributed by atoms with van der Waals surface area (Å²) >= 11 is 0. The van der Waals surface area contributed by atoms with Crippen LogP contribution in [0.25, 0.3) is 0 Å². The highest BCUT2D eigenvalue weighted by molar-refractivity contribution is 6.42. The predicted molar refractivity (Wildman–Crippen MR) is 48.0 cm³/mol. The van der Waals surface area contributed by atoms with Crippen molar-refractivity contribution in [2.45, 2.75) is 6.42 Å². The molecule has 0 fully saturated rings. The number of primary amides is 1. The number of nitrogens with zero attached hydrogens (tertiary/aromatic N) is 2. The van der Waals surface area contributed by atoms with E-state index in [1.807, 2.05) is 0 Å². The zero-order chi connectivity index (χ0) is 10.1. The minimum Gasteiger partial charge on any atom is -0.364 e. The molecule has 72 valence electrons. The molecule has 0 aliphatic carbocycles. The van der Waals surface area contributed by atoms with E-state index in [2.05, 4.69) is 21.1 Å². The SMILES string of the molecule is NC(=O)C1=C2CC(=O)NNN=C2C=N1. The van der Waals surface area contributed by atoms with E-state index in [0.717, 1.165) is 0 Å². The number of rotatable bonds is 1. The van der Waals surface area contributed by atoms with Gasteiger partial charge in [0.2, 0.25) is 5.91 Å². The number of hydrogen-bond donors (Lipinski definition) is 3. The summed E-state index contributed by atoms with van der Waals surface area (Å²) in [6, 6.07) is 0. The normalized spacial score (nSPS) is 19.4. The minimum atomic E-state index is -0.656. The van der Waals surface area contributed by atoms with Gasteiger partial charge in [-0.25, -0.2) is 10.5 Å². The van der Waals surface area contributed by atoms with Crippen LogP contribution in [0.5, 0.6) is 0 Å². The van der Waals surface area contributed by atoms with Crippen molar-refractivity contribution >= 4 is 23.7 Å². The first-order valence-electron chi connectivity index (χ1n) is 3.87. The molecule has 0 aromatic rings. The Morgan fingerprint density at radius 2 is 2.36 bits per heavy atom. The number of carbonyl (C=O) groups is 2. The van der Waals surface area contributed by atoms with Crippen molar-refractivity contribution in [1.29, 1.82) is 0 Å². The molecule has 14 heavy (non-hydrogen) atoms. The van der Waals surface area contributed by atoms with Crippen LogP contribution in [-0.4, -0.2) is 23.7 Å². The lowest BCUT2D eigenvalue weighted by atomic mass is 10.1. The molecule has 7 heteroatoms. The maximum atomic E-state index is 11.1. The second kappa shape index (κ2) is 2.95. The molecule has 0 spiro atoms. The van der Waals surface area contributed by atoms with Crippen molar-refractivity contribution in [3.05, 3.63) is 11.3 Å². The number of fused-ring (bicyclic) bond motifs is 1. The van der Waals surface area contributed by atoms with Crippen LogP contribution >= 0.6 is 0 Å². The number of hydrazone groups is 1. The van der Waals surface area contributed by atoms with Gasteiger partial charge in [0.1, 0.15) is 11.4 Å².